The lowest BCUT2D eigenvalue weighted by atomic mass is 9.93. The van der Waals surface area contributed by atoms with Gasteiger partial charge in [-0.2, -0.15) is 5.10 Å². The molecule has 1 unspecified atom stereocenters. The molecule has 2 rings (SSSR count). The van der Waals surface area contributed by atoms with E-state index in [1.165, 1.54) is 0 Å². The Morgan fingerprint density at radius 2 is 2.37 bits per heavy atom. The second kappa shape index (κ2) is 5.74. The molecule has 1 aliphatic rings. The fraction of sp³-hybridized carbons (Fsp3) is 0.714. The molecule has 1 aromatic heterocycles. The van der Waals surface area contributed by atoms with Crippen molar-refractivity contribution in [1.29, 1.82) is 0 Å². The van der Waals surface area contributed by atoms with Gasteiger partial charge in [0.15, 0.2) is 0 Å². The molecular formula is C14H24N4O. The summed E-state index contributed by atoms with van der Waals surface area (Å²) in [5, 5.41) is 10.8. The fourth-order valence-electron chi connectivity index (χ4n) is 2.84. The van der Waals surface area contributed by atoms with Gasteiger partial charge in [-0.25, -0.2) is 0 Å². The van der Waals surface area contributed by atoms with Crippen molar-refractivity contribution in [1.82, 2.24) is 20.4 Å². The number of hydrogen-bond donors (Lipinski definition) is 2. The highest BCUT2D eigenvalue weighted by atomic mass is 16.2. The van der Waals surface area contributed by atoms with Crippen LogP contribution < -0.4 is 10.6 Å². The molecule has 0 bridgehead atoms. The van der Waals surface area contributed by atoms with Crippen LogP contribution in [-0.4, -0.2) is 27.8 Å². The minimum Gasteiger partial charge on any atom is -0.350 e. The first kappa shape index (κ1) is 14.1. The summed E-state index contributed by atoms with van der Waals surface area (Å²) >= 11 is 0. The van der Waals surface area contributed by atoms with Crippen LogP contribution in [0, 0.1) is 0 Å². The van der Waals surface area contributed by atoms with E-state index in [1.807, 2.05) is 17.9 Å². The van der Waals surface area contributed by atoms with Gasteiger partial charge in [-0.3, -0.25) is 9.48 Å². The zero-order chi connectivity index (χ0) is 13.9. The largest absolute Gasteiger partial charge is 0.350 e. The van der Waals surface area contributed by atoms with Crippen molar-refractivity contribution in [3.05, 3.63) is 17.5 Å². The first-order valence-corrected chi connectivity index (χ1v) is 7.16. The topological polar surface area (TPSA) is 59.0 Å². The van der Waals surface area contributed by atoms with Gasteiger partial charge in [-0.15, -0.1) is 0 Å². The van der Waals surface area contributed by atoms with Gasteiger partial charge in [0.25, 0.3) is 0 Å². The van der Waals surface area contributed by atoms with Crippen molar-refractivity contribution < 1.29 is 4.79 Å². The van der Waals surface area contributed by atoms with E-state index in [2.05, 4.69) is 29.6 Å². The standard InChI is InChI=1S/C14H24N4O/c1-4-12-11(10-18(3)17-12)9-15-13(19)14(5-2)7-6-8-16-14/h10,16H,4-9H2,1-3H3,(H,15,19). The van der Waals surface area contributed by atoms with Gasteiger partial charge in [-0.1, -0.05) is 13.8 Å². The fourth-order valence-corrected chi connectivity index (χ4v) is 2.84. The van der Waals surface area contributed by atoms with E-state index in [4.69, 9.17) is 0 Å². The molecule has 2 N–H and O–H groups in total. The van der Waals surface area contributed by atoms with E-state index in [0.717, 1.165) is 43.5 Å². The zero-order valence-corrected chi connectivity index (χ0v) is 12.1. The van der Waals surface area contributed by atoms with Crippen LogP contribution in [0.1, 0.15) is 44.4 Å². The van der Waals surface area contributed by atoms with Gasteiger partial charge < -0.3 is 10.6 Å². The number of aryl methyl sites for hydroxylation is 2. The number of carbonyl (C=O) groups is 1. The molecule has 106 valence electrons. The van der Waals surface area contributed by atoms with Crippen molar-refractivity contribution in [2.24, 2.45) is 7.05 Å². The van der Waals surface area contributed by atoms with Crippen LogP contribution in [0.25, 0.3) is 0 Å². The minimum atomic E-state index is -0.353. The molecule has 0 spiro atoms. The molecule has 1 amide bonds. The Hall–Kier alpha value is -1.36. The number of nitrogens with one attached hydrogen (secondary N) is 2. The number of aromatic nitrogens is 2. The zero-order valence-electron chi connectivity index (χ0n) is 12.1. The normalized spacial score (nSPS) is 22.7. The van der Waals surface area contributed by atoms with E-state index in [-0.39, 0.29) is 11.4 Å². The molecule has 0 saturated carbocycles. The van der Waals surface area contributed by atoms with E-state index in [1.54, 1.807) is 0 Å². The number of rotatable bonds is 5. The van der Waals surface area contributed by atoms with Crippen LogP contribution in [0.15, 0.2) is 6.20 Å². The first-order valence-electron chi connectivity index (χ1n) is 7.16. The van der Waals surface area contributed by atoms with Crippen molar-refractivity contribution in [2.45, 2.75) is 51.6 Å². The molecule has 19 heavy (non-hydrogen) atoms. The van der Waals surface area contributed by atoms with Crippen LogP contribution in [0.5, 0.6) is 0 Å². The van der Waals surface area contributed by atoms with Gasteiger partial charge in [0.1, 0.15) is 0 Å². The summed E-state index contributed by atoms with van der Waals surface area (Å²) in [5.41, 5.74) is 1.82. The van der Waals surface area contributed by atoms with Gasteiger partial charge in [-0.05, 0) is 32.2 Å². The van der Waals surface area contributed by atoms with Crippen molar-refractivity contribution >= 4 is 5.91 Å². The second-order valence-corrected chi connectivity index (χ2v) is 5.28. The first-order chi connectivity index (χ1) is 9.11. The van der Waals surface area contributed by atoms with Gasteiger partial charge in [0, 0.05) is 25.4 Å². The third kappa shape index (κ3) is 2.81. The average molecular weight is 264 g/mol. The minimum absolute atomic E-state index is 0.124. The SMILES string of the molecule is CCc1nn(C)cc1CNC(=O)C1(CC)CCCN1. The lowest BCUT2D eigenvalue weighted by Crippen LogP contribution is -2.52. The van der Waals surface area contributed by atoms with E-state index in [0.29, 0.717) is 6.54 Å². The third-order valence-electron chi connectivity index (χ3n) is 4.05. The van der Waals surface area contributed by atoms with Crippen molar-refractivity contribution in [3.63, 3.8) is 0 Å². The Morgan fingerprint density at radius 3 is 2.95 bits per heavy atom. The molecule has 2 heterocycles. The molecule has 0 radical (unpaired) electrons. The van der Waals surface area contributed by atoms with Gasteiger partial charge >= 0.3 is 0 Å². The smallest absolute Gasteiger partial charge is 0.240 e. The maximum Gasteiger partial charge on any atom is 0.240 e. The van der Waals surface area contributed by atoms with Crippen LogP contribution in [-0.2, 0) is 24.8 Å². The molecular weight excluding hydrogens is 240 g/mol. The summed E-state index contributed by atoms with van der Waals surface area (Å²) in [6.45, 7) is 5.66. The summed E-state index contributed by atoms with van der Waals surface area (Å²) in [7, 11) is 1.91. The summed E-state index contributed by atoms with van der Waals surface area (Å²) in [6, 6.07) is 0. The summed E-state index contributed by atoms with van der Waals surface area (Å²) in [6.07, 6.45) is 5.73. The molecule has 0 aliphatic carbocycles. The monoisotopic (exact) mass is 264 g/mol. The third-order valence-corrected chi connectivity index (χ3v) is 4.05. The molecule has 5 nitrogen and oxygen atoms in total. The molecule has 1 aliphatic heterocycles. The Kier molecular flexibility index (Phi) is 4.24. The van der Waals surface area contributed by atoms with Gasteiger partial charge in [0.2, 0.25) is 5.91 Å². The maximum atomic E-state index is 12.4. The quantitative estimate of drug-likeness (QED) is 0.838. The Balaban J connectivity index is 1.99. The maximum absolute atomic E-state index is 12.4. The lowest BCUT2D eigenvalue weighted by Gasteiger charge is -2.26. The van der Waals surface area contributed by atoms with Crippen LogP contribution in [0.3, 0.4) is 0 Å². The van der Waals surface area contributed by atoms with Gasteiger partial charge in [0.05, 0.1) is 11.2 Å². The summed E-state index contributed by atoms with van der Waals surface area (Å²) in [5.74, 6) is 0.124. The Bertz CT molecular complexity index is 446. The Morgan fingerprint density at radius 1 is 1.58 bits per heavy atom. The molecule has 5 heteroatoms. The van der Waals surface area contributed by atoms with E-state index < -0.39 is 0 Å². The average Bonchev–Trinajstić information content (AvgIpc) is 3.02. The number of carbonyl (C=O) groups excluding carboxylic acids is 1. The lowest BCUT2D eigenvalue weighted by molar-refractivity contribution is -0.127. The number of amides is 1. The molecule has 1 aromatic rings. The highest BCUT2D eigenvalue weighted by molar-refractivity contribution is 5.86. The number of nitrogens with zero attached hydrogens (tertiary/aromatic N) is 2. The summed E-state index contributed by atoms with van der Waals surface area (Å²) < 4.78 is 1.81. The predicted octanol–water partition coefficient (Wildman–Crippen LogP) is 1.13. The second-order valence-electron chi connectivity index (χ2n) is 5.28. The molecule has 0 aromatic carbocycles. The summed E-state index contributed by atoms with van der Waals surface area (Å²) in [4.78, 5) is 12.4. The highest BCUT2D eigenvalue weighted by Crippen LogP contribution is 2.23. The molecule has 1 fully saturated rings. The van der Waals surface area contributed by atoms with Crippen LogP contribution >= 0.6 is 0 Å². The molecule has 1 atom stereocenters. The van der Waals surface area contributed by atoms with Crippen molar-refractivity contribution in [3.8, 4) is 0 Å². The van der Waals surface area contributed by atoms with E-state index in [9.17, 15) is 4.79 Å². The number of hydrogen-bond acceptors (Lipinski definition) is 3. The van der Waals surface area contributed by atoms with E-state index >= 15 is 0 Å². The van der Waals surface area contributed by atoms with Crippen molar-refractivity contribution in [2.75, 3.05) is 6.54 Å². The molecule has 1 saturated heterocycles. The van der Waals surface area contributed by atoms with Crippen LogP contribution in [0.2, 0.25) is 0 Å². The Labute approximate surface area is 114 Å². The highest BCUT2D eigenvalue weighted by Gasteiger charge is 2.38. The van der Waals surface area contributed by atoms with Crippen LogP contribution in [0.4, 0.5) is 0 Å². The predicted molar refractivity (Wildman–Crippen MR) is 74.7 cm³/mol.